The second-order valence-electron chi connectivity index (χ2n) is 1.08. The highest BCUT2D eigenvalue weighted by molar-refractivity contribution is 5.64. The molecule has 0 atom stereocenters. The molecule has 1 nitrogen and oxygen atoms in total. The van der Waals surface area contributed by atoms with Crippen LogP contribution < -0.4 is 0 Å². The van der Waals surface area contributed by atoms with Gasteiger partial charge in [0.05, 0.1) is 0 Å². The largest absolute Gasteiger partial charge is 0.298 e. The summed E-state index contributed by atoms with van der Waals surface area (Å²) in [6.45, 7) is 1.99. The lowest BCUT2D eigenvalue weighted by molar-refractivity contribution is -0.104. The quantitative estimate of drug-likeness (QED) is 0.288. The number of carbonyl (C=O) groups excluding carboxylic acids is 1. The summed E-state index contributed by atoms with van der Waals surface area (Å²) in [6.07, 6.45) is 4.80. The van der Waals surface area contributed by atoms with E-state index < -0.39 is 0 Å². The van der Waals surface area contributed by atoms with E-state index in [1.54, 1.807) is 6.08 Å². The van der Waals surface area contributed by atoms with Crippen molar-refractivity contribution in [2.24, 2.45) is 0 Å². The van der Waals surface area contributed by atoms with Crippen molar-refractivity contribution in [1.82, 2.24) is 0 Å². The van der Waals surface area contributed by atoms with Gasteiger partial charge in [0.15, 0.2) is 6.29 Å². The minimum atomic E-state index is 0.714. The third-order valence-electron chi connectivity index (χ3n) is 0.486. The highest BCUT2D eigenvalue weighted by atomic mass is 16.1. The Morgan fingerprint density at radius 3 is 2.86 bits per heavy atom. The van der Waals surface area contributed by atoms with Crippen LogP contribution in [0.15, 0.2) is 17.9 Å². The van der Waals surface area contributed by atoms with Crippen LogP contribution >= 0.6 is 0 Å². The van der Waals surface area contributed by atoms with Crippen molar-refractivity contribution >= 4 is 6.29 Å². The summed E-state index contributed by atoms with van der Waals surface area (Å²) in [6, 6.07) is 0. The smallest absolute Gasteiger partial charge is 0.150 e. The lowest BCUT2D eigenvalue weighted by Crippen LogP contribution is -1.51. The van der Waals surface area contributed by atoms with Gasteiger partial charge >= 0.3 is 0 Å². The minimum Gasteiger partial charge on any atom is -0.298 e. The molecule has 0 aliphatic heterocycles. The van der Waals surface area contributed by atoms with Gasteiger partial charge in [-0.15, -0.1) is 5.73 Å². The van der Waals surface area contributed by atoms with Crippen molar-refractivity contribution in [2.75, 3.05) is 0 Å². The average Bonchev–Trinajstić information content (AvgIpc) is 1.69. The maximum atomic E-state index is 9.54. The summed E-state index contributed by atoms with van der Waals surface area (Å²) in [5, 5.41) is 0. The molecule has 0 aromatic carbocycles. The molecule has 38 valence electrons. The molecule has 0 aromatic heterocycles. The van der Waals surface area contributed by atoms with E-state index in [9.17, 15) is 4.79 Å². The predicted molar refractivity (Wildman–Crippen MR) is 29.0 cm³/mol. The standard InChI is InChI=1S/C6H8O/c1-2-3-4-5-6-7/h3,5-6H,2H2,1H3. The van der Waals surface area contributed by atoms with Crippen LogP contribution in [0.2, 0.25) is 0 Å². The number of carbonyl (C=O) groups is 1. The second kappa shape index (κ2) is 5.19. The molecule has 0 aromatic rings. The third kappa shape index (κ3) is 5.19. The molecule has 0 N–H and O–H groups in total. The van der Waals surface area contributed by atoms with Gasteiger partial charge in [0.25, 0.3) is 0 Å². The van der Waals surface area contributed by atoms with E-state index in [2.05, 4.69) is 5.73 Å². The van der Waals surface area contributed by atoms with Gasteiger partial charge in [0.1, 0.15) is 0 Å². The van der Waals surface area contributed by atoms with E-state index in [1.165, 1.54) is 6.08 Å². The van der Waals surface area contributed by atoms with Crippen molar-refractivity contribution in [3.8, 4) is 0 Å². The average molecular weight is 96.1 g/mol. The Labute approximate surface area is 43.3 Å². The zero-order valence-corrected chi connectivity index (χ0v) is 4.35. The molecule has 1 heteroatoms. The first-order valence-electron chi connectivity index (χ1n) is 2.26. The second-order valence-corrected chi connectivity index (χ2v) is 1.08. The summed E-state index contributed by atoms with van der Waals surface area (Å²) in [5.74, 6) is 0. The molecule has 0 amide bonds. The van der Waals surface area contributed by atoms with Crippen LogP contribution in [0.3, 0.4) is 0 Å². The normalized spacial score (nSPS) is 6.43. The van der Waals surface area contributed by atoms with E-state index in [0.717, 1.165) is 6.42 Å². The maximum Gasteiger partial charge on any atom is 0.150 e. The van der Waals surface area contributed by atoms with Gasteiger partial charge in [0.2, 0.25) is 0 Å². The summed E-state index contributed by atoms with van der Waals surface area (Å²) < 4.78 is 0. The molecule has 0 unspecified atom stereocenters. The SMILES string of the molecule is CCC=C=CC=O. The van der Waals surface area contributed by atoms with Gasteiger partial charge in [-0.25, -0.2) is 0 Å². The number of hydrogen-bond donors (Lipinski definition) is 0. The van der Waals surface area contributed by atoms with Crippen LogP contribution in [0, 0.1) is 0 Å². The van der Waals surface area contributed by atoms with E-state index in [4.69, 9.17) is 0 Å². The molecule has 0 fully saturated rings. The van der Waals surface area contributed by atoms with Gasteiger partial charge in [-0.3, -0.25) is 4.79 Å². The molecule has 0 heterocycles. The Morgan fingerprint density at radius 2 is 2.43 bits per heavy atom. The molecule has 0 saturated heterocycles. The molecule has 0 saturated carbocycles. The molecule has 0 bridgehead atoms. The first-order valence-corrected chi connectivity index (χ1v) is 2.26. The topological polar surface area (TPSA) is 17.1 Å². The van der Waals surface area contributed by atoms with Crippen molar-refractivity contribution in [3.63, 3.8) is 0 Å². The molecule has 0 rings (SSSR count). The van der Waals surface area contributed by atoms with Gasteiger partial charge in [-0.05, 0) is 12.5 Å². The van der Waals surface area contributed by atoms with Crippen LogP contribution in [0.25, 0.3) is 0 Å². The van der Waals surface area contributed by atoms with Crippen LogP contribution in [0.5, 0.6) is 0 Å². The molecule has 0 aliphatic carbocycles. The monoisotopic (exact) mass is 96.1 g/mol. The number of rotatable bonds is 2. The van der Waals surface area contributed by atoms with Crippen LogP contribution in [-0.2, 0) is 4.79 Å². The fourth-order valence-electron chi connectivity index (χ4n) is 0.225. The lowest BCUT2D eigenvalue weighted by atomic mass is 10.4. The number of aldehydes is 1. The molecule has 0 spiro atoms. The molecule has 7 heavy (non-hydrogen) atoms. The fourth-order valence-corrected chi connectivity index (χ4v) is 0.225. The van der Waals surface area contributed by atoms with E-state index in [-0.39, 0.29) is 0 Å². The van der Waals surface area contributed by atoms with Gasteiger partial charge in [-0.2, -0.15) is 0 Å². The van der Waals surface area contributed by atoms with Gasteiger partial charge in [-0.1, -0.05) is 6.92 Å². The van der Waals surface area contributed by atoms with Crippen LogP contribution in [0.4, 0.5) is 0 Å². The van der Waals surface area contributed by atoms with Crippen molar-refractivity contribution < 1.29 is 4.79 Å². The van der Waals surface area contributed by atoms with Crippen molar-refractivity contribution in [1.29, 1.82) is 0 Å². The molecular weight excluding hydrogens is 88.1 g/mol. The summed E-state index contributed by atoms with van der Waals surface area (Å²) >= 11 is 0. The predicted octanol–water partition coefficient (Wildman–Crippen LogP) is 1.31. The maximum absolute atomic E-state index is 9.54. The molecule has 0 aliphatic rings. The first kappa shape index (κ1) is 6.19. The Hall–Kier alpha value is -0.810. The number of allylic oxidation sites excluding steroid dienone is 1. The fraction of sp³-hybridized carbons (Fsp3) is 0.333. The van der Waals surface area contributed by atoms with E-state index >= 15 is 0 Å². The third-order valence-corrected chi connectivity index (χ3v) is 0.486. The zero-order valence-electron chi connectivity index (χ0n) is 4.35. The minimum absolute atomic E-state index is 0.714. The Balaban J connectivity index is 3.40. The Kier molecular flexibility index (Phi) is 4.59. The van der Waals surface area contributed by atoms with E-state index in [1.807, 2.05) is 6.92 Å². The van der Waals surface area contributed by atoms with Crippen molar-refractivity contribution in [3.05, 3.63) is 17.9 Å². The Morgan fingerprint density at radius 1 is 1.71 bits per heavy atom. The summed E-state index contributed by atoms with van der Waals surface area (Å²) in [4.78, 5) is 9.54. The highest BCUT2D eigenvalue weighted by Crippen LogP contribution is 1.71. The zero-order chi connectivity index (χ0) is 5.54. The van der Waals surface area contributed by atoms with Crippen LogP contribution in [0.1, 0.15) is 13.3 Å². The first-order chi connectivity index (χ1) is 3.41. The van der Waals surface area contributed by atoms with Crippen LogP contribution in [-0.4, -0.2) is 6.29 Å². The molecular formula is C6H8O. The van der Waals surface area contributed by atoms with Gasteiger partial charge < -0.3 is 0 Å². The molecule has 0 radical (unpaired) electrons. The Bertz CT molecular complexity index is 96.7. The summed E-state index contributed by atoms with van der Waals surface area (Å²) in [7, 11) is 0. The van der Waals surface area contributed by atoms with E-state index in [0.29, 0.717) is 6.29 Å². The van der Waals surface area contributed by atoms with Crippen molar-refractivity contribution in [2.45, 2.75) is 13.3 Å². The highest BCUT2D eigenvalue weighted by Gasteiger charge is 1.56. The number of hydrogen-bond acceptors (Lipinski definition) is 1. The van der Waals surface area contributed by atoms with Gasteiger partial charge in [0, 0.05) is 6.08 Å². The lowest BCUT2D eigenvalue weighted by Gasteiger charge is -1.62. The summed E-state index contributed by atoms with van der Waals surface area (Å²) in [5.41, 5.74) is 2.67.